The topological polar surface area (TPSA) is 126 Å². The number of carbonyl (C=O) groups is 2. The average molecular weight is 802 g/mol. The number of anilines is 2. The molecule has 2 unspecified atom stereocenters. The van der Waals surface area contributed by atoms with Gasteiger partial charge in [0, 0.05) is 32.0 Å². The minimum atomic E-state index is -1.06. The van der Waals surface area contributed by atoms with E-state index in [4.69, 9.17) is 24.5 Å². The molecule has 7 aromatic rings. The summed E-state index contributed by atoms with van der Waals surface area (Å²) in [5.41, 5.74) is 7.59. The number of aromatic nitrogens is 5. The lowest BCUT2D eigenvalue weighted by molar-refractivity contribution is -0.169. The number of hydrogen-bond donors (Lipinski definition) is 1. The lowest BCUT2D eigenvalue weighted by Gasteiger charge is -2.36. The van der Waals surface area contributed by atoms with E-state index in [1.165, 1.54) is 6.92 Å². The van der Waals surface area contributed by atoms with Crippen molar-refractivity contribution in [3.8, 4) is 17.2 Å². The van der Waals surface area contributed by atoms with E-state index in [1.54, 1.807) is 26.0 Å². The molecule has 8 rings (SSSR count). The minimum absolute atomic E-state index is 0.328. The number of aryl methyl sites for hydroxylation is 1. The SMILES string of the molecule is CCOC1Nc2cccc(C(=O)OC(C)OC(=O)C(C)C)c2N1Cc1ccc(-n2cc(C)cc2-c2nnnn2C(c2ccccc2)(c2ccccc2)c2ccccc2)cc1. The molecule has 3 heterocycles. The predicted octanol–water partition coefficient (Wildman–Crippen LogP) is 8.73. The van der Waals surface area contributed by atoms with Crippen LogP contribution < -0.4 is 10.2 Å². The molecule has 0 bridgehead atoms. The Hall–Kier alpha value is -7.05. The number of nitrogens with one attached hydrogen (secondary N) is 1. The minimum Gasteiger partial charge on any atom is -0.425 e. The van der Waals surface area contributed by atoms with Crippen LogP contribution in [0.4, 0.5) is 11.4 Å². The van der Waals surface area contributed by atoms with Crippen molar-refractivity contribution in [2.45, 2.75) is 59.3 Å². The number of tetrazole rings is 1. The number of hydrogen-bond acceptors (Lipinski definition) is 10. The Kier molecular flexibility index (Phi) is 11.3. The van der Waals surface area contributed by atoms with Gasteiger partial charge >= 0.3 is 11.9 Å². The lowest BCUT2D eigenvalue weighted by atomic mass is 9.77. The normalized spacial score (nSPS) is 14.1. The largest absolute Gasteiger partial charge is 0.425 e. The molecule has 2 aromatic heterocycles. The van der Waals surface area contributed by atoms with Gasteiger partial charge in [0.15, 0.2) is 0 Å². The number of carbonyl (C=O) groups excluding carboxylic acids is 2. The van der Waals surface area contributed by atoms with Crippen molar-refractivity contribution < 1.29 is 23.8 Å². The van der Waals surface area contributed by atoms with Crippen LogP contribution in [0.5, 0.6) is 0 Å². The summed E-state index contributed by atoms with van der Waals surface area (Å²) in [5, 5.41) is 17.2. The lowest BCUT2D eigenvalue weighted by Crippen LogP contribution is -2.39. The molecule has 0 amide bonds. The Morgan fingerprint density at radius 1 is 0.783 bits per heavy atom. The Bertz CT molecular complexity index is 2480. The first-order valence-electron chi connectivity index (χ1n) is 20.1. The molecule has 12 nitrogen and oxygen atoms in total. The monoisotopic (exact) mass is 801 g/mol. The number of para-hydroxylation sites is 1. The number of esters is 2. The molecule has 0 fully saturated rings. The molecule has 0 saturated heterocycles. The van der Waals surface area contributed by atoms with Gasteiger partial charge in [0.2, 0.25) is 18.5 Å². The van der Waals surface area contributed by atoms with Crippen LogP contribution in [-0.4, -0.2) is 56.0 Å². The van der Waals surface area contributed by atoms with Crippen molar-refractivity contribution in [2.24, 2.45) is 5.92 Å². The average Bonchev–Trinajstić information content (AvgIpc) is 4.00. The van der Waals surface area contributed by atoms with E-state index in [-0.39, 0.29) is 5.92 Å². The third kappa shape index (κ3) is 7.53. The van der Waals surface area contributed by atoms with Crippen molar-refractivity contribution in [2.75, 3.05) is 16.8 Å². The summed E-state index contributed by atoms with van der Waals surface area (Å²) in [6, 6.07) is 46.8. The Balaban J connectivity index is 1.14. The number of fused-ring (bicyclic) bond motifs is 1. The summed E-state index contributed by atoms with van der Waals surface area (Å²) < 4.78 is 21.1. The maximum absolute atomic E-state index is 13.6. The highest BCUT2D eigenvalue weighted by Gasteiger charge is 2.42. The first-order chi connectivity index (χ1) is 29.2. The van der Waals surface area contributed by atoms with Crippen LogP contribution in [0.3, 0.4) is 0 Å². The van der Waals surface area contributed by atoms with Crippen LogP contribution in [0, 0.1) is 12.8 Å². The molecule has 0 saturated carbocycles. The predicted molar refractivity (Wildman–Crippen MR) is 229 cm³/mol. The molecule has 5 aromatic carbocycles. The Labute approximate surface area is 349 Å². The Morgan fingerprint density at radius 3 is 1.98 bits per heavy atom. The van der Waals surface area contributed by atoms with Gasteiger partial charge in [-0.1, -0.05) is 123 Å². The molecule has 1 aliphatic rings. The highest BCUT2D eigenvalue weighted by Crippen LogP contribution is 2.43. The zero-order chi connectivity index (χ0) is 41.8. The van der Waals surface area contributed by atoms with E-state index in [2.05, 4.69) is 94.9 Å². The summed E-state index contributed by atoms with van der Waals surface area (Å²) >= 11 is 0. The van der Waals surface area contributed by atoms with Crippen molar-refractivity contribution in [3.05, 3.63) is 179 Å². The summed E-state index contributed by atoms with van der Waals surface area (Å²) in [5.74, 6) is -0.814. The van der Waals surface area contributed by atoms with E-state index in [9.17, 15) is 9.59 Å². The second kappa shape index (κ2) is 17.0. The van der Waals surface area contributed by atoms with Crippen LogP contribution in [0.2, 0.25) is 0 Å². The maximum atomic E-state index is 13.6. The maximum Gasteiger partial charge on any atom is 0.343 e. The van der Waals surface area contributed by atoms with Crippen LogP contribution in [0.1, 0.15) is 65.9 Å². The summed E-state index contributed by atoms with van der Waals surface area (Å²) in [7, 11) is 0. The molecule has 0 radical (unpaired) electrons. The van der Waals surface area contributed by atoms with Crippen LogP contribution in [0.15, 0.2) is 146 Å². The van der Waals surface area contributed by atoms with Crippen LogP contribution in [-0.2, 0) is 31.1 Å². The first kappa shape index (κ1) is 39.8. The smallest absolute Gasteiger partial charge is 0.343 e. The van der Waals surface area contributed by atoms with E-state index in [0.29, 0.717) is 30.2 Å². The second-order valence-electron chi connectivity index (χ2n) is 15.0. The fraction of sp³-hybridized carbons (Fsp3) is 0.229. The van der Waals surface area contributed by atoms with Crippen LogP contribution in [0.25, 0.3) is 17.2 Å². The molecule has 1 aliphatic heterocycles. The highest BCUT2D eigenvalue weighted by molar-refractivity contribution is 6.01. The van der Waals surface area contributed by atoms with Gasteiger partial charge in [-0.3, -0.25) is 4.79 Å². The van der Waals surface area contributed by atoms with Gasteiger partial charge in [-0.25, -0.2) is 9.48 Å². The van der Waals surface area contributed by atoms with Gasteiger partial charge in [-0.15, -0.1) is 5.10 Å². The Morgan fingerprint density at radius 2 is 1.40 bits per heavy atom. The number of nitrogens with zero attached hydrogens (tertiary/aromatic N) is 6. The fourth-order valence-electron chi connectivity index (χ4n) is 7.87. The third-order valence-corrected chi connectivity index (χ3v) is 10.6. The van der Waals surface area contributed by atoms with Gasteiger partial charge in [-0.2, -0.15) is 0 Å². The highest BCUT2D eigenvalue weighted by atomic mass is 16.7. The van der Waals surface area contributed by atoms with E-state index < -0.39 is 30.1 Å². The first-order valence-corrected chi connectivity index (χ1v) is 20.1. The molecular weight excluding hydrogens is 755 g/mol. The molecule has 304 valence electrons. The van der Waals surface area contributed by atoms with E-state index >= 15 is 0 Å². The van der Waals surface area contributed by atoms with Crippen molar-refractivity contribution in [1.82, 2.24) is 24.8 Å². The van der Waals surface area contributed by atoms with E-state index in [0.717, 1.165) is 44.9 Å². The molecule has 0 spiro atoms. The number of rotatable bonds is 14. The number of benzene rings is 5. The van der Waals surface area contributed by atoms with Gasteiger partial charge in [-0.05, 0) is 82.4 Å². The summed E-state index contributed by atoms with van der Waals surface area (Å²) in [6.45, 7) is 9.83. The van der Waals surface area contributed by atoms with Gasteiger partial charge in [0.05, 0.1) is 28.6 Å². The van der Waals surface area contributed by atoms with Crippen LogP contribution >= 0.6 is 0 Å². The zero-order valence-corrected chi connectivity index (χ0v) is 34.2. The van der Waals surface area contributed by atoms with Crippen molar-refractivity contribution in [1.29, 1.82) is 0 Å². The fourth-order valence-corrected chi connectivity index (χ4v) is 7.87. The zero-order valence-electron chi connectivity index (χ0n) is 34.2. The standard InChI is InChI=1S/C48H47N7O5/c1-6-58-47-49-41-24-16-23-40(46(57)60-34(5)59-45(56)32(2)3)43(41)54(47)31-35-25-27-39(28-26-35)53-30-33(4)29-42(53)44-50-51-52-55(44)48(36-17-10-7-11-18-36,37-19-12-8-13-20-37)38-21-14-9-15-22-38/h7-30,32,34,47,49H,6,31H2,1-5H3. The molecule has 0 aliphatic carbocycles. The second-order valence-corrected chi connectivity index (χ2v) is 15.0. The van der Waals surface area contributed by atoms with Crippen molar-refractivity contribution in [3.63, 3.8) is 0 Å². The molecule has 2 atom stereocenters. The summed E-state index contributed by atoms with van der Waals surface area (Å²) in [4.78, 5) is 27.7. The molecule has 1 N–H and O–H groups in total. The molecule has 12 heteroatoms. The van der Waals surface area contributed by atoms with Gasteiger partial charge in [0.25, 0.3) is 0 Å². The van der Waals surface area contributed by atoms with E-state index in [1.807, 2.05) is 77.2 Å². The van der Waals surface area contributed by atoms with Gasteiger partial charge < -0.3 is 29.0 Å². The molecule has 60 heavy (non-hydrogen) atoms. The third-order valence-electron chi connectivity index (χ3n) is 10.6. The van der Waals surface area contributed by atoms with Crippen molar-refractivity contribution >= 4 is 23.3 Å². The summed E-state index contributed by atoms with van der Waals surface area (Å²) in [6.07, 6.45) is 0.493. The molecular formula is C48H47N7O5. The van der Waals surface area contributed by atoms with Gasteiger partial charge in [0.1, 0.15) is 5.54 Å². The number of ether oxygens (including phenoxy) is 3. The quantitative estimate of drug-likeness (QED) is 0.0649.